The SMILES string of the molecule is CCOc1ccc(-c2cc(N3CCN(C(=O)c4ccc(N(C)C)cc4)CC3)ncn2)cc1. The fraction of sp³-hybridized carbons (Fsp3) is 0.320. The van der Waals surface area contributed by atoms with Crippen molar-refractivity contribution < 1.29 is 9.53 Å². The van der Waals surface area contributed by atoms with Gasteiger partial charge in [0.15, 0.2) is 0 Å². The molecule has 3 aromatic rings. The second kappa shape index (κ2) is 9.68. The molecule has 0 spiro atoms. The minimum absolute atomic E-state index is 0.0766. The van der Waals surface area contributed by atoms with Crippen LogP contribution in [0, 0.1) is 0 Å². The van der Waals surface area contributed by atoms with Crippen LogP contribution in [0.15, 0.2) is 60.9 Å². The van der Waals surface area contributed by atoms with E-state index >= 15 is 0 Å². The summed E-state index contributed by atoms with van der Waals surface area (Å²) in [5, 5.41) is 0. The molecular weight excluding hydrogens is 402 g/mol. The molecule has 1 fully saturated rings. The largest absolute Gasteiger partial charge is 0.494 e. The van der Waals surface area contributed by atoms with Gasteiger partial charge in [-0.2, -0.15) is 0 Å². The Balaban J connectivity index is 1.39. The molecule has 0 bridgehead atoms. The van der Waals surface area contributed by atoms with Gasteiger partial charge in [-0.25, -0.2) is 9.97 Å². The summed E-state index contributed by atoms with van der Waals surface area (Å²) < 4.78 is 5.52. The molecule has 1 aliphatic rings. The van der Waals surface area contributed by atoms with E-state index in [0.29, 0.717) is 19.7 Å². The molecule has 7 nitrogen and oxygen atoms in total. The van der Waals surface area contributed by atoms with Crippen LogP contribution in [0.2, 0.25) is 0 Å². The topological polar surface area (TPSA) is 61.8 Å². The molecule has 1 aromatic heterocycles. The number of carbonyl (C=O) groups is 1. The van der Waals surface area contributed by atoms with Crippen molar-refractivity contribution in [3.63, 3.8) is 0 Å². The molecular formula is C25H29N5O2. The molecule has 2 aromatic carbocycles. The molecule has 1 saturated heterocycles. The highest BCUT2D eigenvalue weighted by Gasteiger charge is 2.23. The van der Waals surface area contributed by atoms with Crippen LogP contribution in [0.1, 0.15) is 17.3 Å². The number of carbonyl (C=O) groups excluding carboxylic acids is 1. The standard InChI is InChI=1S/C25H29N5O2/c1-4-32-22-11-7-19(8-12-22)23-17-24(27-18-26-23)29-13-15-30(16-14-29)25(31)20-5-9-21(10-6-20)28(2)3/h5-12,17-18H,4,13-16H2,1-3H3. The predicted octanol–water partition coefficient (Wildman–Crippen LogP) is 3.57. The Hall–Kier alpha value is -3.61. The van der Waals surface area contributed by atoms with Crippen LogP contribution < -0.4 is 14.5 Å². The lowest BCUT2D eigenvalue weighted by Crippen LogP contribution is -2.49. The first kappa shape index (κ1) is 21.6. The van der Waals surface area contributed by atoms with E-state index in [-0.39, 0.29) is 5.91 Å². The van der Waals surface area contributed by atoms with Gasteiger partial charge in [0.2, 0.25) is 0 Å². The molecule has 0 N–H and O–H groups in total. The summed E-state index contributed by atoms with van der Waals surface area (Å²) in [5.74, 6) is 1.81. The highest BCUT2D eigenvalue weighted by atomic mass is 16.5. The number of hydrogen-bond donors (Lipinski definition) is 0. The number of ether oxygens (including phenoxy) is 1. The molecule has 0 aliphatic carbocycles. The number of hydrogen-bond acceptors (Lipinski definition) is 6. The van der Waals surface area contributed by atoms with Gasteiger partial charge in [-0.05, 0) is 55.5 Å². The number of rotatable bonds is 6. The zero-order chi connectivity index (χ0) is 22.5. The fourth-order valence-corrected chi connectivity index (χ4v) is 3.79. The van der Waals surface area contributed by atoms with Crippen molar-refractivity contribution in [2.24, 2.45) is 0 Å². The third-order valence-electron chi connectivity index (χ3n) is 5.64. The molecule has 32 heavy (non-hydrogen) atoms. The summed E-state index contributed by atoms with van der Waals surface area (Å²) in [6, 6.07) is 17.7. The lowest BCUT2D eigenvalue weighted by Gasteiger charge is -2.35. The van der Waals surface area contributed by atoms with Crippen molar-refractivity contribution in [1.29, 1.82) is 0 Å². The van der Waals surface area contributed by atoms with Gasteiger partial charge in [-0.3, -0.25) is 4.79 Å². The van der Waals surface area contributed by atoms with E-state index in [9.17, 15) is 4.79 Å². The molecule has 4 rings (SSSR count). The Bertz CT molecular complexity index is 1040. The summed E-state index contributed by atoms with van der Waals surface area (Å²) in [5.41, 5.74) is 3.70. The minimum atomic E-state index is 0.0766. The first-order valence-electron chi connectivity index (χ1n) is 10.9. The average Bonchev–Trinajstić information content (AvgIpc) is 2.84. The smallest absolute Gasteiger partial charge is 0.253 e. The Morgan fingerprint density at radius 1 is 0.969 bits per heavy atom. The number of piperazine rings is 1. The van der Waals surface area contributed by atoms with Crippen LogP contribution in [0.3, 0.4) is 0 Å². The summed E-state index contributed by atoms with van der Waals surface area (Å²) >= 11 is 0. The third-order valence-corrected chi connectivity index (χ3v) is 5.64. The Morgan fingerprint density at radius 3 is 2.28 bits per heavy atom. The molecule has 0 atom stereocenters. The number of benzene rings is 2. The van der Waals surface area contributed by atoms with Crippen molar-refractivity contribution in [2.75, 3.05) is 56.7 Å². The quantitative estimate of drug-likeness (QED) is 0.595. The van der Waals surface area contributed by atoms with E-state index < -0.39 is 0 Å². The van der Waals surface area contributed by atoms with Gasteiger partial charge in [-0.1, -0.05) is 0 Å². The van der Waals surface area contributed by atoms with Gasteiger partial charge in [0.25, 0.3) is 5.91 Å². The molecule has 0 unspecified atom stereocenters. The minimum Gasteiger partial charge on any atom is -0.494 e. The van der Waals surface area contributed by atoms with Gasteiger partial charge in [0, 0.05) is 63.2 Å². The normalized spacial score (nSPS) is 13.7. The predicted molar refractivity (Wildman–Crippen MR) is 128 cm³/mol. The van der Waals surface area contributed by atoms with E-state index in [2.05, 4.69) is 14.9 Å². The monoisotopic (exact) mass is 431 g/mol. The van der Waals surface area contributed by atoms with Crippen LogP contribution in [-0.4, -0.2) is 67.7 Å². The van der Waals surface area contributed by atoms with E-state index in [1.54, 1.807) is 6.33 Å². The van der Waals surface area contributed by atoms with E-state index in [1.165, 1.54) is 0 Å². The second-order valence-corrected chi connectivity index (χ2v) is 7.94. The average molecular weight is 432 g/mol. The van der Waals surface area contributed by atoms with Crippen LogP contribution in [0.25, 0.3) is 11.3 Å². The maximum Gasteiger partial charge on any atom is 0.253 e. The maximum absolute atomic E-state index is 12.9. The molecule has 2 heterocycles. The number of amides is 1. The van der Waals surface area contributed by atoms with Gasteiger partial charge < -0.3 is 19.4 Å². The summed E-state index contributed by atoms with van der Waals surface area (Å²) in [6.45, 7) is 5.42. The second-order valence-electron chi connectivity index (χ2n) is 7.94. The zero-order valence-corrected chi connectivity index (χ0v) is 18.9. The Kier molecular flexibility index (Phi) is 6.54. The van der Waals surface area contributed by atoms with Gasteiger partial charge in [0.05, 0.1) is 12.3 Å². The summed E-state index contributed by atoms with van der Waals surface area (Å²) in [6.07, 6.45) is 1.60. The van der Waals surface area contributed by atoms with Crippen molar-refractivity contribution in [3.05, 3.63) is 66.5 Å². The van der Waals surface area contributed by atoms with Crippen LogP contribution in [0.5, 0.6) is 5.75 Å². The Morgan fingerprint density at radius 2 is 1.66 bits per heavy atom. The van der Waals surface area contributed by atoms with Gasteiger partial charge >= 0.3 is 0 Å². The molecule has 1 amide bonds. The molecule has 1 aliphatic heterocycles. The van der Waals surface area contributed by atoms with Crippen LogP contribution >= 0.6 is 0 Å². The molecule has 7 heteroatoms. The summed E-state index contributed by atoms with van der Waals surface area (Å²) in [7, 11) is 3.98. The van der Waals surface area contributed by atoms with Crippen LogP contribution in [0.4, 0.5) is 11.5 Å². The molecule has 0 radical (unpaired) electrons. The number of nitrogens with zero attached hydrogens (tertiary/aromatic N) is 5. The molecule has 166 valence electrons. The molecule has 0 saturated carbocycles. The van der Waals surface area contributed by atoms with Crippen molar-refractivity contribution in [2.45, 2.75) is 6.92 Å². The number of anilines is 2. The lowest BCUT2D eigenvalue weighted by atomic mass is 10.1. The Labute approximate surface area is 189 Å². The summed E-state index contributed by atoms with van der Waals surface area (Å²) in [4.78, 5) is 27.9. The first-order valence-corrected chi connectivity index (χ1v) is 10.9. The number of aromatic nitrogens is 2. The maximum atomic E-state index is 12.9. The van der Waals surface area contributed by atoms with Crippen molar-refractivity contribution >= 4 is 17.4 Å². The van der Waals surface area contributed by atoms with E-state index in [0.717, 1.165) is 47.2 Å². The first-order chi connectivity index (χ1) is 15.5. The highest BCUT2D eigenvalue weighted by Crippen LogP contribution is 2.24. The lowest BCUT2D eigenvalue weighted by molar-refractivity contribution is 0.0746. The van der Waals surface area contributed by atoms with Crippen molar-refractivity contribution in [3.8, 4) is 17.0 Å². The zero-order valence-electron chi connectivity index (χ0n) is 18.9. The van der Waals surface area contributed by atoms with Gasteiger partial charge in [0.1, 0.15) is 17.9 Å². The van der Waals surface area contributed by atoms with E-state index in [1.807, 2.05) is 85.4 Å². The van der Waals surface area contributed by atoms with Crippen molar-refractivity contribution in [1.82, 2.24) is 14.9 Å². The fourth-order valence-electron chi connectivity index (χ4n) is 3.79. The third kappa shape index (κ3) is 4.82. The highest BCUT2D eigenvalue weighted by molar-refractivity contribution is 5.94. The van der Waals surface area contributed by atoms with Crippen LogP contribution in [-0.2, 0) is 0 Å². The van der Waals surface area contributed by atoms with E-state index in [4.69, 9.17) is 4.74 Å². The van der Waals surface area contributed by atoms with Gasteiger partial charge in [-0.15, -0.1) is 0 Å².